The average molecular weight is 250 g/mol. The van der Waals surface area contributed by atoms with Crippen molar-refractivity contribution < 1.29 is 9.50 Å². The van der Waals surface area contributed by atoms with Gasteiger partial charge in [-0.25, -0.2) is 9.37 Å². The lowest BCUT2D eigenvalue weighted by Crippen LogP contribution is -2.16. The minimum Gasteiger partial charge on any atom is -0.387 e. The summed E-state index contributed by atoms with van der Waals surface area (Å²) in [7, 11) is 0. The third kappa shape index (κ3) is 1.96. The molecule has 0 aliphatic carbocycles. The number of fused-ring (bicyclic) bond motifs is 1. The van der Waals surface area contributed by atoms with Gasteiger partial charge in [0, 0.05) is 23.8 Å². The van der Waals surface area contributed by atoms with Crippen molar-refractivity contribution in [1.82, 2.24) is 9.55 Å². The van der Waals surface area contributed by atoms with E-state index in [-0.39, 0.29) is 11.1 Å². The number of hydrogen-bond acceptors (Lipinski definition) is 3. The van der Waals surface area contributed by atoms with Gasteiger partial charge in [-0.3, -0.25) is 0 Å². The van der Waals surface area contributed by atoms with Gasteiger partial charge in [0.25, 0.3) is 0 Å². The van der Waals surface area contributed by atoms with Crippen LogP contribution in [0.3, 0.4) is 0 Å². The fourth-order valence-corrected chi connectivity index (χ4v) is 3.38. The first kappa shape index (κ1) is 10.8. The fourth-order valence-electron chi connectivity index (χ4n) is 2.02. The number of aliphatic hydroxyl groups is 1. The van der Waals surface area contributed by atoms with E-state index >= 15 is 0 Å². The number of rotatable bonds is 2. The molecule has 1 aliphatic rings. The van der Waals surface area contributed by atoms with Gasteiger partial charge in [-0.2, -0.15) is 0 Å². The standard InChI is InChI=1S/C12H11FN2OS/c13-8-1-2-9-10(5-8)17-11(12(9)16)6-15-4-3-14-7-15/h1-5,7,11-12,16H,6H2. The smallest absolute Gasteiger partial charge is 0.124 e. The van der Waals surface area contributed by atoms with Crippen molar-refractivity contribution in [2.75, 3.05) is 0 Å². The van der Waals surface area contributed by atoms with Gasteiger partial charge in [-0.05, 0) is 17.7 Å². The Morgan fingerprint density at radius 3 is 3.12 bits per heavy atom. The summed E-state index contributed by atoms with van der Waals surface area (Å²) in [6.45, 7) is 0.669. The summed E-state index contributed by atoms with van der Waals surface area (Å²) in [6, 6.07) is 4.54. The van der Waals surface area contributed by atoms with Crippen LogP contribution >= 0.6 is 11.8 Å². The van der Waals surface area contributed by atoms with Crippen LogP contribution < -0.4 is 0 Å². The molecule has 5 heteroatoms. The van der Waals surface area contributed by atoms with E-state index < -0.39 is 6.10 Å². The second kappa shape index (κ2) is 4.16. The molecule has 3 nitrogen and oxygen atoms in total. The second-order valence-electron chi connectivity index (χ2n) is 4.04. The van der Waals surface area contributed by atoms with E-state index in [0.717, 1.165) is 10.5 Å². The number of thioether (sulfide) groups is 1. The number of hydrogen-bond donors (Lipinski definition) is 1. The summed E-state index contributed by atoms with van der Waals surface area (Å²) >= 11 is 1.52. The molecule has 0 saturated heterocycles. The molecule has 2 heterocycles. The summed E-state index contributed by atoms with van der Waals surface area (Å²) in [4.78, 5) is 4.80. The number of halogens is 1. The van der Waals surface area contributed by atoms with Crippen LogP contribution in [-0.4, -0.2) is 19.9 Å². The summed E-state index contributed by atoms with van der Waals surface area (Å²) in [5.41, 5.74) is 0.821. The molecule has 0 radical (unpaired) electrons. The molecule has 17 heavy (non-hydrogen) atoms. The molecule has 0 fully saturated rings. The molecule has 1 N–H and O–H groups in total. The topological polar surface area (TPSA) is 38.0 Å². The Bertz CT molecular complexity index is 529. The molecule has 0 saturated carbocycles. The lowest BCUT2D eigenvalue weighted by molar-refractivity contribution is 0.170. The second-order valence-corrected chi connectivity index (χ2v) is 5.32. The van der Waals surface area contributed by atoms with E-state index in [0.29, 0.717) is 6.54 Å². The molecule has 1 aromatic carbocycles. The molecule has 1 aromatic heterocycles. The minimum atomic E-state index is -0.544. The van der Waals surface area contributed by atoms with E-state index in [4.69, 9.17) is 0 Å². The Labute approximate surface area is 102 Å². The van der Waals surface area contributed by atoms with Crippen LogP contribution in [0.4, 0.5) is 4.39 Å². The van der Waals surface area contributed by atoms with Crippen molar-refractivity contribution in [3.05, 3.63) is 48.3 Å². The van der Waals surface area contributed by atoms with Crippen molar-refractivity contribution in [3.63, 3.8) is 0 Å². The Morgan fingerprint density at radius 2 is 2.35 bits per heavy atom. The zero-order valence-corrected chi connectivity index (χ0v) is 9.77. The van der Waals surface area contributed by atoms with Crippen molar-refractivity contribution in [2.45, 2.75) is 22.8 Å². The van der Waals surface area contributed by atoms with Crippen LogP contribution in [0, 0.1) is 5.82 Å². The number of benzene rings is 1. The van der Waals surface area contributed by atoms with Gasteiger partial charge in [0.05, 0.1) is 17.7 Å². The van der Waals surface area contributed by atoms with E-state index in [9.17, 15) is 9.50 Å². The molecule has 0 bridgehead atoms. The lowest BCUT2D eigenvalue weighted by Gasteiger charge is -2.14. The highest BCUT2D eigenvalue weighted by atomic mass is 32.2. The molecule has 3 rings (SSSR count). The number of nitrogens with zero attached hydrogens (tertiary/aromatic N) is 2. The van der Waals surface area contributed by atoms with Gasteiger partial charge >= 0.3 is 0 Å². The van der Waals surface area contributed by atoms with Gasteiger partial charge in [-0.1, -0.05) is 6.07 Å². The number of imidazole rings is 1. The fraction of sp³-hybridized carbons (Fsp3) is 0.250. The lowest BCUT2D eigenvalue weighted by atomic mass is 10.1. The Hall–Kier alpha value is -1.33. The van der Waals surface area contributed by atoms with E-state index in [2.05, 4.69) is 4.98 Å². The van der Waals surface area contributed by atoms with E-state index in [1.165, 1.54) is 23.9 Å². The van der Waals surface area contributed by atoms with Crippen LogP contribution in [0.2, 0.25) is 0 Å². The average Bonchev–Trinajstić information content (AvgIpc) is 2.89. The summed E-state index contributed by atoms with van der Waals surface area (Å²) in [6.07, 6.45) is 4.74. The van der Waals surface area contributed by atoms with Gasteiger partial charge in [0.15, 0.2) is 0 Å². The molecule has 1 aliphatic heterocycles. The highest BCUT2D eigenvalue weighted by Gasteiger charge is 2.32. The maximum absolute atomic E-state index is 13.1. The van der Waals surface area contributed by atoms with Gasteiger partial charge in [0.2, 0.25) is 0 Å². The van der Waals surface area contributed by atoms with Crippen LogP contribution in [0.5, 0.6) is 0 Å². The zero-order valence-electron chi connectivity index (χ0n) is 8.95. The highest BCUT2D eigenvalue weighted by molar-refractivity contribution is 8.00. The first-order valence-electron chi connectivity index (χ1n) is 5.34. The summed E-state index contributed by atoms with van der Waals surface area (Å²) in [5, 5.41) is 10.2. The Balaban J connectivity index is 1.83. The van der Waals surface area contributed by atoms with Gasteiger partial charge in [-0.15, -0.1) is 11.8 Å². The minimum absolute atomic E-state index is 0.0148. The molecule has 2 atom stereocenters. The van der Waals surface area contributed by atoms with Crippen molar-refractivity contribution >= 4 is 11.8 Å². The van der Waals surface area contributed by atoms with Crippen LogP contribution in [0.25, 0.3) is 0 Å². The molecule has 0 amide bonds. The third-order valence-electron chi connectivity index (χ3n) is 2.87. The third-order valence-corrected chi connectivity index (χ3v) is 4.19. The van der Waals surface area contributed by atoms with E-state index in [1.807, 2.05) is 10.8 Å². The maximum Gasteiger partial charge on any atom is 0.124 e. The zero-order chi connectivity index (χ0) is 11.8. The van der Waals surface area contributed by atoms with Crippen molar-refractivity contribution in [1.29, 1.82) is 0 Å². The first-order valence-corrected chi connectivity index (χ1v) is 6.22. The molecule has 88 valence electrons. The molecule has 2 unspecified atom stereocenters. The molecule has 2 aromatic rings. The quantitative estimate of drug-likeness (QED) is 0.888. The summed E-state index contributed by atoms with van der Waals surface area (Å²) in [5.74, 6) is -0.258. The van der Waals surface area contributed by atoms with Crippen LogP contribution in [-0.2, 0) is 6.54 Å². The SMILES string of the molecule is OC1c2ccc(F)cc2SC1Cn1ccnc1. The molecule has 0 spiro atoms. The molecular weight excluding hydrogens is 239 g/mol. The van der Waals surface area contributed by atoms with E-state index in [1.54, 1.807) is 18.6 Å². The maximum atomic E-state index is 13.1. The largest absolute Gasteiger partial charge is 0.387 e. The van der Waals surface area contributed by atoms with Crippen molar-refractivity contribution in [2.24, 2.45) is 0 Å². The van der Waals surface area contributed by atoms with Crippen LogP contribution in [0.1, 0.15) is 11.7 Å². The number of aromatic nitrogens is 2. The Morgan fingerprint density at radius 1 is 1.47 bits per heavy atom. The monoisotopic (exact) mass is 250 g/mol. The molecular formula is C12H11FN2OS. The normalized spacial score (nSPS) is 22.7. The van der Waals surface area contributed by atoms with Gasteiger partial charge < -0.3 is 9.67 Å². The predicted octanol–water partition coefficient (Wildman–Crippen LogP) is 2.23. The Kier molecular flexibility index (Phi) is 2.64. The van der Waals surface area contributed by atoms with Crippen LogP contribution in [0.15, 0.2) is 41.8 Å². The van der Waals surface area contributed by atoms with Gasteiger partial charge in [0.1, 0.15) is 5.82 Å². The first-order chi connectivity index (χ1) is 8.24. The summed E-state index contributed by atoms with van der Waals surface area (Å²) < 4.78 is 15.0. The number of aliphatic hydroxyl groups excluding tert-OH is 1. The van der Waals surface area contributed by atoms with Crippen molar-refractivity contribution in [3.8, 4) is 0 Å². The highest BCUT2D eigenvalue weighted by Crippen LogP contribution is 2.44. The predicted molar refractivity (Wildman–Crippen MR) is 63.2 cm³/mol.